The molecule has 0 aliphatic rings. The Hall–Kier alpha value is -2.91. The Labute approximate surface area is 140 Å². The highest BCUT2D eigenvalue weighted by molar-refractivity contribution is 5.86. The van der Waals surface area contributed by atoms with E-state index in [9.17, 15) is 5.11 Å². The Bertz CT molecular complexity index is 954. The van der Waals surface area contributed by atoms with Gasteiger partial charge < -0.3 is 9.67 Å². The fourth-order valence-electron chi connectivity index (χ4n) is 3.11. The summed E-state index contributed by atoms with van der Waals surface area (Å²) >= 11 is 0. The molecule has 1 atom stereocenters. The maximum Gasteiger partial charge on any atom is 0.142 e. The Kier molecular flexibility index (Phi) is 3.85. The number of benzene rings is 3. The minimum Gasteiger partial charge on any atom is -0.380 e. The average molecular weight is 314 g/mol. The Balaban J connectivity index is 1.73. The first-order chi connectivity index (χ1) is 11.8. The molecule has 0 amide bonds. The van der Waals surface area contributed by atoms with Crippen LogP contribution in [0.25, 0.3) is 10.8 Å². The smallest absolute Gasteiger partial charge is 0.142 e. The summed E-state index contributed by atoms with van der Waals surface area (Å²) in [6, 6.07) is 24.3. The van der Waals surface area contributed by atoms with Crippen molar-refractivity contribution in [2.75, 3.05) is 0 Å². The van der Waals surface area contributed by atoms with Gasteiger partial charge in [0.1, 0.15) is 11.9 Å². The molecule has 0 unspecified atom stereocenters. The molecule has 1 N–H and O–H groups in total. The van der Waals surface area contributed by atoms with Gasteiger partial charge in [0.25, 0.3) is 0 Å². The number of aromatic nitrogens is 2. The Morgan fingerprint density at radius 2 is 1.62 bits per heavy atom. The third kappa shape index (κ3) is 2.70. The van der Waals surface area contributed by atoms with Crippen molar-refractivity contribution in [3.63, 3.8) is 0 Å². The first-order valence-corrected chi connectivity index (χ1v) is 8.03. The highest BCUT2D eigenvalue weighted by Gasteiger charge is 2.18. The minimum absolute atomic E-state index is 0.662. The highest BCUT2D eigenvalue weighted by Crippen LogP contribution is 2.28. The van der Waals surface area contributed by atoms with Crippen molar-refractivity contribution in [1.82, 2.24) is 9.55 Å². The molecule has 4 aromatic rings. The van der Waals surface area contributed by atoms with E-state index >= 15 is 0 Å². The van der Waals surface area contributed by atoms with E-state index in [0.29, 0.717) is 12.4 Å². The molecule has 24 heavy (non-hydrogen) atoms. The van der Waals surface area contributed by atoms with Gasteiger partial charge in [0.15, 0.2) is 0 Å². The number of nitrogens with zero attached hydrogens (tertiary/aromatic N) is 2. The molecule has 3 aromatic carbocycles. The van der Waals surface area contributed by atoms with Crippen LogP contribution < -0.4 is 0 Å². The van der Waals surface area contributed by atoms with Crippen molar-refractivity contribution in [2.24, 2.45) is 0 Å². The van der Waals surface area contributed by atoms with Gasteiger partial charge in [-0.1, -0.05) is 72.8 Å². The van der Waals surface area contributed by atoms with Crippen molar-refractivity contribution in [1.29, 1.82) is 0 Å². The molecule has 0 aliphatic carbocycles. The number of hydrogen-bond acceptors (Lipinski definition) is 2. The van der Waals surface area contributed by atoms with Crippen molar-refractivity contribution >= 4 is 10.8 Å². The Morgan fingerprint density at radius 3 is 2.50 bits per heavy atom. The molecule has 0 spiro atoms. The highest BCUT2D eigenvalue weighted by atomic mass is 16.3. The standard InChI is InChI=1S/C21H18N2O/c24-20(19-12-6-10-17-9-4-5-11-18(17)19)21-22-13-14-23(21)15-16-7-2-1-3-8-16/h1-14,20,24H,15H2/t20-/m0/s1. The van der Waals surface area contributed by atoms with E-state index in [4.69, 9.17) is 0 Å². The number of imidazole rings is 1. The third-order valence-electron chi connectivity index (χ3n) is 4.31. The van der Waals surface area contributed by atoms with Gasteiger partial charge in [-0.2, -0.15) is 0 Å². The predicted molar refractivity (Wildman–Crippen MR) is 95.8 cm³/mol. The Morgan fingerprint density at radius 1 is 0.875 bits per heavy atom. The summed E-state index contributed by atoms with van der Waals surface area (Å²) in [5, 5.41) is 13.1. The van der Waals surface area contributed by atoms with Crippen molar-refractivity contribution in [3.05, 3.63) is 102 Å². The zero-order chi connectivity index (χ0) is 16.4. The fraction of sp³-hybridized carbons (Fsp3) is 0.0952. The summed E-state index contributed by atoms with van der Waals surface area (Å²) in [6.07, 6.45) is 2.90. The maximum atomic E-state index is 11.0. The van der Waals surface area contributed by atoms with Crippen LogP contribution in [0.2, 0.25) is 0 Å². The van der Waals surface area contributed by atoms with Gasteiger partial charge in [0, 0.05) is 18.9 Å². The third-order valence-corrected chi connectivity index (χ3v) is 4.31. The molecule has 0 saturated carbocycles. The average Bonchev–Trinajstić information content (AvgIpc) is 3.09. The van der Waals surface area contributed by atoms with Gasteiger partial charge in [-0.3, -0.25) is 0 Å². The summed E-state index contributed by atoms with van der Waals surface area (Å²) < 4.78 is 2.00. The quantitative estimate of drug-likeness (QED) is 0.614. The van der Waals surface area contributed by atoms with Crippen molar-refractivity contribution in [3.8, 4) is 0 Å². The van der Waals surface area contributed by atoms with E-state index in [-0.39, 0.29) is 0 Å². The summed E-state index contributed by atoms with van der Waals surface area (Å²) in [7, 11) is 0. The number of fused-ring (bicyclic) bond motifs is 1. The van der Waals surface area contributed by atoms with Gasteiger partial charge in [0.05, 0.1) is 0 Å². The molecule has 4 rings (SSSR count). The van der Waals surface area contributed by atoms with Gasteiger partial charge in [-0.15, -0.1) is 0 Å². The SMILES string of the molecule is O[C@@H](c1cccc2ccccc12)c1nccn1Cc1ccccc1. The lowest BCUT2D eigenvalue weighted by Gasteiger charge is -2.16. The minimum atomic E-state index is -0.755. The molecule has 0 radical (unpaired) electrons. The second-order valence-electron chi connectivity index (χ2n) is 5.87. The lowest BCUT2D eigenvalue weighted by atomic mass is 10.00. The normalized spacial score (nSPS) is 12.4. The first kappa shape index (κ1) is 14.7. The zero-order valence-corrected chi connectivity index (χ0v) is 13.2. The van der Waals surface area contributed by atoms with Crippen LogP contribution in [-0.4, -0.2) is 14.7 Å². The second-order valence-corrected chi connectivity index (χ2v) is 5.87. The molecular formula is C21H18N2O. The molecule has 1 aromatic heterocycles. The maximum absolute atomic E-state index is 11.0. The zero-order valence-electron chi connectivity index (χ0n) is 13.2. The summed E-state index contributed by atoms with van der Waals surface area (Å²) in [4.78, 5) is 4.41. The summed E-state index contributed by atoms with van der Waals surface area (Å²) in [6.45, 7) is 0.692. The molecule has 3 nitrogen and oxygen atoms in total. The van der Waals surface area contributed by atoms with Crippen LogP contribution in [0.1, 0.15) is 23.1 Å². The molecule has 3 heteroatoms. The molecule has 0 bridgehead atoms. The molecule has 0 saturated heterocycles. The lowest BCUT2D eigenvalue weighted by Crippen LogP contribution is -2.11. The number of aliphatic hydroxyl groups is 1. The molecule has 0 fully saturated rings. The monoisotopic (exact) mass is 314 g/mol. The van der Waals surface area contributed by atoms with Gasteiger partial charge in [-0.25, -0.2) is 4.98 Å². The number of aliphatic hydroxyl groups excluding tert-OH is 1. The molecule has 0 aliphatic heterocycles. The van der Waals surface area contributed by atoms with E-state index in [1.54, 1.807) is 6.20 Å². The largest absolute Gasteiger partial charge is 0.380 e. The second kappa shape index (κ2) is 6.30. The predicted octanol–water partition coefficient (Wildman–Crippen LogP) is 4.17. The van der Waals surface area contributed by atoms with Crippen molar-refractivity contribution in [2.45, 2.75) is 12.6 Å². The van der Waals surface area contributed by atoms with Crippen LogP contribution in [0.4, 0.5) is 0 Å². The van der Waals surface area contributed by atoms with Crippen LogP contribution in [0, 0.1) is 0 Å². The van der Waals surface area contributed by atoms with E-state index in [1.165, 1.54) is 5.56 Å². The van der Waals surface area contributed by atoms with E-state index in [0.717, 1.165) is 16.3 Å². The van der Waals surface area contributed by atoms with Gasteiger partial charge >= 0.3 is 0 Å². The topological polar surface area (TPSA) is 38.1 Å². The van der Waals surface area contributed by atoms with Crippen LogP contribution in [-0.2, 0) is 6.54 Å². The fourth-order valence-corrected chi connectivity index (χ4v) is 3.11. The molecular weight excluding hydrogens is 296 g/mol. The number of hydrogen-bond donors (Lipinski definition) is 1. The van der Waals surface area contributed by atoms with Gasteiger partial charge in [-0.05, 0) is 21.9 Å². The van der Waals surface area contributed by atoms with Crippen LogP contribution in [0.15, 0.2) is 85.2 Å². The first-order valence-electron chi connectivity index (χ1n) is 8.03. The van der Waals surface area contributed by atoms with E-state index in [1.807, 2.05) is 59.3 Å². The van der Waals surface area contributed by atoms with Crippen LogP contribution in [0.5, 0.6) is 0 Å². The molecule has 118 valence electrons. The number of rotatable bonds is 4. The molecule has 1 heterocycles. The van der Waals surface area contributed by atoms with Crippen LogP contribution >= 0.6 is 0 Å². The summed E-state index contributed by atoms with van der Waals surface area (Å²) in [5.41, 5.74) is 2.07. The van der Waals surface area contributed by atoms with Gasteiger partial charge in [0.2, 0.25) is 0 Å². The van der Waals surface area contributed by atoms with E-state index < -0.39 is 6.10 Å². The lowest BCUT2D eigenvalue weighted by molar-refractivity contribution is 0.207. The van der Waals surface area contributed by atoms with Crippen molar-refractivity contribution < 1.29 is 5.11 Å². The van der Waals surface area contributed by atoms with E-state index in [2.05, 4.69) is 29.2 Å². The van der Waals surface area contributed by atoms with Crippen LogP contribution in [0.3, 0.4) is 0 Å². The summed E-state index contributed by atoms with van der Waals surface area (Å²) in [5.74, 6) is 0.662.